The lowest BCUT2D eigenvalue weighted by molar-refractivity contribution is -0.183. The van der Waals surface area contributed by atoms with Gasteiger partial charge in [0.25, 0.3) is 0 Å². The van der Waals surface area contributed by atoms with Gasteiger partial charge in [-0.15, -0.1) is 0 Å². The van der Waals surface area contributed by atoms with Crippen molar-refractivity contribution in [3.63, 3.8) is 0 Å². The first-order valence-corrected chi connectivity index (χ1v) is 11.0. The van der Waals surface area contributed by atoms with Crippen molar-refractivity contribution in [2.24, 2.45) is 35.5 Å². The summed E-state index contributed by atoms with van der Waals surface area (Å²) in [4.78, 5) is 49.8. The Kier molecular flexibility index (Phi) is 11.4. The summed E-state index contributed by atoms with van der Waals surface area (Å²) < 4.78 is 30.6. The van der Waals surface area contributed by atoms with Crippen LogP contribution in [0.3, 0.4) is 0 Å². The highest BCUT2D eigenvalue weighted by molar-refractivity contribution is 5.89. The van der Waals surface area contributed by atoms with Crippen molar-refractivity contribution < 1.29 is 57.8 Å². The molecule has 0 aromatic heterocycles. The van der Waals surface area contributed by atoms with Gasteiger partial charge in [-0.25, -0.2) is 0 Å². The van der Waals surface area contributed by atoms with Crippen LogP contribution in [0.4, 0.5) is 0 Å². The van der Waals surface area contributed by atoms with Gasteiger partial charge >= 0.3 is 23.9 Å². The Hall–Kier alpha value is -2.54. The Labute approximate surface area is 197 Å². The van der Waals surface area contributed by atoms with Gasteiger partial charge in [-0.3, -0.25) is 19.2 Å². The number of rotatable bonds is 16. The van der Waals surface area contributed by atoms with Crippen LogP contribution in [0, 0.1) is 35.5 Å². The van der Waals surface area contributed by atoms with Gasteiger partial charge in [-0.1, -0.05) is 12.2 Å². The normalized spacial score (nSPS) is 27.4. The number of fused-ring (bicyclic) bond motifs is 2. The van der Waals surface area contributed by atoms with Gasteiger partial charge in [0, 0.05) is 26.1 Å². The van der Waals surface area contributed by atoms with E-state index in [1.807, 2.05) is 0 Å². The Bertz CT molecular complexity index is 681. The summed E-state index contributed by atoms with van der Waals surface area (Å²) in [6, 6.07) is 0. The van der Waals surface area contributed by atoms with Crippen LogP contribution in [-0.2, 0) is 47.6 Å². The topological polar surface area (TPSA) is 164 Å². The van der Waals surface area contributed by atoms with Crippen LogP contribution in [0.2, 0.25) is 0 Å². The van der Waals surface area contributed by atoms with Crippen LogP contribution >= 0.6 is 0 Å². The van der Waals surface area contributed by atoms with Crippen LogP contribution in [0.1, 0.15) is 0 Å². The summed E-state index contributed by atoms with van der Waals surface area (Å²) in [7, 11) is 3.03. The molecule has 4 unspecified atom stereocenters. The summed E-state index contributed by atoms with van der Waals surface area (Å²) in [6.45, 7) is 1.24. The first kappa shape index (κ1) is 27.7. The van der Waals surface area contributed by atoms with Crippen LogP contribution in [0.5, 0.6) is 0 Å². The number of methoxy groups -OCH3 is 2. The summed E-state index contributed by atoms with van der Waals surface area (Å²) >= 11 is 0. The van der Waals surface area contributed by atoms with Gasteiger partial charge in [0.05, 0.1) is 63.3 Å². The van der Waals surface area contributed by atoms with Gasteiger partial charge in [0.1, 0.15) is 13.2 Å². The molecule has 4 atom stereocenters. The molecule has 0 aliphatic heterocycles. The first-order chi connectivity index (χ1) is 16.3. The largest absolute Gasteiger partial charge is 0.481 e. The fourth-order valence-corrected chi connectivity index (χ4v) is 4.47. The van der Waals surface area contributed by atoms with Crippen molar-refractivity contribution in [2.45, 2.75) is 0 Å². The fraction of sp³-hybridized carbons (Fsp3) is 0.727. The van der Waals surface area contributed by atoms with E-state index in [2.05, 4.69) is 0 Å². The van der Waals surface area contributed by atoms with Crippen LogP contribution < -0.4 is 0 Å². The molecule has 3 rings (SSSR count). The zero-order chi connectivity index (χ0) is 25.1. The molecule has 0 aromatic carbocycles. The highest BCUT2D eigenvalue weighted by Crippen LogP contribution is 2.52. The van der Waals surface area contributed by atoms with E-state index >= 15 is 0 Å². The smallest absolute Gasteiger partial charge is 0.310 e. The Morgan fingerprint density at radius 1 is 0.588 bits per heavy atom. The maximum atomic E-state index is 12.9. The van der Waals surface area contributed by atoms with Crippen molar-refractivity contribution in [1.82, 2.24) is 0 Å². The average Bonchev–Trinajstić information content (AvgIpc) is 2.82. The number of hydrogen-bond acceptors (Lipinski definition) is 10. The zero-order valence-corrected chi connectivity index (χ0v) is 19.3. The third kappa shape index (κ3) is 6.98. The van der Waals surface area contributed by atoms with Crippen LogP contribution in [0.15, 0.2) is 12.2 Å². The lowest BCUT2D eigenvalue weighted by atomic mass is 9.53. The number of carbonyl (C=O) groups excluding carboxylic acids is 2. The van der Waals surface area contributed by atoms with Crippen molar-refractivity contribution in [1.29, 1.82) is 0 Å². The van der Waals surface area contributed by atoms with E-state index in [0.29, 0.717) is 26.4 Å². The molecule has 0 saturated heterocycles. The van der Waals surface area contributed by atoms with E-state index in [0.717, 1.165) is 0 Å². The van der Waals surface area contributed by atoms with E-state index in [1.165, 1.54) is 26.4 Å². The Morgan fingerprint density at radius 3 is 1.29 bits per heavy atom. The molecule has 0 aromatic rings. The molecule has 1 fully saturated rings. The molecule has 34 heavy (non-hydrogen) atoms. The number of carboxylic acids is 2. The average molecular weight is 488 g/mol. The number of carbonyl (C=O) groups is 4. The quantitative estimate of drug-likeness (QED) is 0.168. The standard InChI is InChI=1S/C22H32O12/c1-29-5-7-31-9-11-33-21(27)17-14-4-3-13(15(17)19(23)24)16(20(25)26)18(14)22(28)34-12-10-32-8-6-30-2/h3-4,13-18H,5-12H2,1-2H3,(H,23,24)(H,25,26). The molecule has 2 N–H and O–H groups in total. The van der Waals surface area contributed by atoms with Crippen molar-refractivity contribution in [2.75, 3.05) is 67.1 Å². The minimum absolute atomic E-state index is 0.0792. The second-order valence-corrected chi connectivity index (χ2v) is 7.86. The lowest BCUT2D eigenvalue weighted by Gasteiger charge is -2.48. The minimum Gasteiger partial charge on any atom is -0.481 e. The fourth-order valence-electron chi connectivity index (χ4n) is 4.47. The van der Waals surface area contributed by atoms with Gasteiger partial charge in [0.2, 0.25) is 0 Å². The molecular weight excluding hydrogens is 456 g/mol. The highest BCUT2D eigenvalue weighted by atomic mass is 16.6. The first-order valence-electron chi connectivity index (χ1n) is 11.0. The van der Waals surface area contributed by atoms with Crippen LogP contribution in [0.25, 0.3) is 0 Å². The second kappa shape index (κ2) is 14.0. The van der Waals surface area contributed by atoms with E-state index in [9.17, 15) is 29.4 Å². The van der Waals surface area contributed by atoms with E-state index < -0.39 is 59.4 Å². The van der Waals surface area contributed by atoms with E-state index in [-0.39, 0.29) is 26.4 Å². The Balaban J connectivity index is 2.11. The van der Waals surface area contributed by atoms with Crippen molar-refractivity contribution in [3.8, 4) is 0 Å². The summed E-state index contributed by atoms with van der Waals surface area (Å²) in [5.74, 6) is -11.6. The third-order valence-electron chi connectivity index (χ3n) is 5.91. The predicted octanol–water partition coefficient (Wildman–Crippen LogP) is -0.151. The molecule has 0 heterocycles. The van der Waals surface area contributed by atoms with Crippen molar-refractivity contribution in [3.05, 3.63) is 12.2 Å². The SMILES string of the molecule is COCCOCCOC(=O)C1C2C=CC(C1C(=O)O)C(C(=O)O)C2C(=O)OCCOCCOC. The molecule has 0 spiro atoms. The molecule has 0 radical (unpaired) electrons. The summed E-state index contributed by atoms with van der Waals surface area (Å²) in [6.07, 6.45) is 2.98. The molecule has 2 bridgehead atoms. The van der Waals surface area contributed by atoms with Crippen molar-refractivity contribution >= 4 is 23.9 Å². The number of allylic oxidation sites excluding steroid dienone is 2. The number of hydrogen-bond donors (Lipinski definition) is 2. The van der Waals surface area contributed by atoms with Crippen LogP contribution in [-0.4, -0.2) is 101 Å². The number of ether oxygens (including phenoxy) is 6. The maximum Gasteiger partial charge on any atom is 0.310 e. The summed E-state index contributed by atoms with van der Waals surface area (Å²) in [5.41, 5.74) is 0. The molecule has 3 aliphatic carbocycles. The zero-order valence-electron chi connectivity index (χ0n) is 19.3. The third-order valence-corrected chi connectivity index (χ3v) is 5.91. The number of aliphatic carboxylic acids is 2. The minimum atomic E-state index is -1.35. The summed E-state index contributed by atoms with van der Waals surface area (Å²) in [5, 5.41) is 19.6. The molecule has 12 heteroatoms. The van der Waals surface area contributed by atoms with Gasteiger partial charge in [0.15, 0.2) is 0 Å². The van der Waals surface area contributed by atoms with E-state index in [1.54, 1.807) is 0 Å². The van der Waals surface area contributed by atoms with Gasteiger partial charge in [-0.05, 0) is 0 Å². The monoisotopic (exact) mass is 488 g/mol. The van der Waals surface area contributed by atoms with Gasteiger partial charge in [-0.2, -0.15) is 0 Å². The highest BCUT2D eigenvalue weighted by Gasteiger charge is 2.61. The molecule has 1 saturated carbocycles. The Morgan fingerprint density at radius 2 is 0.941 bits per heavy atom. The predicted molar refractivity (Wildman–Crippen MR) is 113 cm³/mol. The molecule has 0 amide bonds. The lowest BCUT2D eigenvalue weighted by Crippen LogP contribution is -2.58. The van der Waals surface area contributed by atoms with Gasteiger partial charge < -0.3 is 38.6 Å². The number of carboxylic acid groups (broad SMARTS) is 2. The van der Waals surface area contributed by atoms with E-state index in [4.69, 9.17) is 28.4 Å². The molecule has 192 valence electrons. The molecular formula is C22H32O12. The molecule has 3 aliphatic rings. The second-order valence-electron chi connectivity index (χ2n) is 7.86. The number of esters is 2. The molecule has 12 nitrogen and oxygen atoms in total. The maximum absolute atomic E-state index is 12.9.